The summed E-state index contributed by atoms with van der Waals surface area (Å²) in [4.78, 5) is 26.6. The van der Waals surface area contributed by atoms with Gasteiger partial charge in [0, 0.05) is 13.5 Å². The molecular formula is C28H28N6O3S2. The number of thiophene rings is 1. The number of para-hydroxylation sites is 1. The maximum Gasteiger partial charge on any atom is 0.258 e. The van der Waals surface area contributed by atoms with Crippen LogP contribution < -0.4 is 10.1 Å². The predicted octanol–water partition coefficient (Wildman–Crippen LogP) is 4.35. The summed E-state index contributed by atoms with van der Waals surface area (Å²) in [6.07, 6.45) is 0.668. The molecule has 9 nitrogen and oxygen atoms in total. The minimum absolute atomic E-state index is 0.0933. The summed E-state index contributed by atoms with van der Waals surface area (Å²) >= 11 is 2.92. The number of aryl methyl sites for hydroxylation is 1. The Morgan fingerprint density at radius 2 is 1.87 bits per heavy atom. The van der Waals surface area contributed by atoms with Gasteiger partial charge in [-0.05, 0) is 36.1 Å². The van der Waals surface area contributed by atoms with Gasteiger partial charge in [-0.1, -0.05) is 65.9 Å². The molecule has 1 aliphatic rings. The Hall–Kier alpha value is -3.96. The fourth-order valence-electron chi connectivity index (χ4n) is 4.09. The number of thioether (sulfide) groups is 1. The zero-order chi connectivity index (χ0) is 27.2. The second kappa shape index (κ2) is 12.3. The zero-order valence-corrected chi connectivity index (χ0v) is 23.2. The number of hydrazone groups is 1. The van der Waals surface area contributed by atoms with Crippen molar-refractivity contribution in [2.45, 2.75) is 31.1 Å². The Morgan fingerprint density at radius 3 is 2.62 bits per heavy atom. The van der Waals surface area contributed by atoms with E-state index in [1.54, 1.807) is 33.0 Å². The Labute approximate surface area is 234 Å². The molecule has 4 aromatic rings. The molecular weight excluding hydrogens is 532 g/mol. The van der Waals surface area contributed by atoms with Crippen molar-refractivity contribution in [3.05, 3.63) is 93.9 Å². The van der Waals surface area contributed by atoms with E-state index in [0.29, 0.717) is 23.2 Å². The van der Waals surface area contributed by atoms with E-state index in [1.807, 2.05) is 49.7 Å². The summed E-state index contributed by atoms with van der Waals surface area (Å²) in [7, 11) is 1.81. The summed E-state index contributed by atoms with van der Waals surface area (Å²) < 4.78 is 7.25. The van der Waals surface area contributed by atoms with Crippen molar-refractivity contribution in [2.75, 3.05) is 12.4 Å². The zero-order valence-electron chi connectivity index (χ0n) is 21.6. The van der Waals surface area contributed by atoms with Crippen LogP contribution in [0.1, 0.15) is 34.3 Å². The van der Waals surface area contributed by atoms with Crippen molar-refractivity contribution in [3.8, 4) is 5.75 Å². The molecule has 2 amide bonds. The number of ether oxygens (including phenoxy) is 1. The van der Waals surface area contributed by atoms with Crippen molar-refractivity contribution in [2.24, 2.45) is 12.1 Å². The molecule has 0 spiro atoms. The minimum atomic E-state index is -0.262. The van der Waals surface area contributed by atoms with Crippen molar-refractivity contribution in [3.63, 3.8) is 0 Å². The molecule has 1 atom stereocenters. The molecule has 1 aliphatic heterocycles. The third kappa shape index (κ3) is 6.55. The Balaban J connectivity index is 1.19. The van der Waals surface area contributed by atoms with Crippen molar-refractivity contribution < 1.29 is 14.3 Å². The normalized spacial score (nSPS) is 14.8. The molecule has 1 N–H and O–H groups in total. The number of amides is 2. The quantitative estimate of drug-likeness (QED) is 0.290. The molecule has 0 radical (unpaired) electrons. The predicted molar refractivity (Wildman–Crippen MR) is 152 cm³/mol. The second-order valence-electron chi connectivity index (χ2n) is 9.02. The first-order chi connectivity index (χ1) is 19.0. The van der Waals surface area contributed by atoms with Crippen LogP contribution in [0.3, 0.4) is 0 Å². The van der Waals surface area contributed by atoms with Crippen LogP contribution in [-0.4, -0.2) is 49.7 Å². The molecule has 0 bridgehead atoms. The van der Waals surface area contributed by atoms with Crippen LogP contribution in [0.4, 0.5) is 0 Å². The van der Waals surface area contributed by atoms with Crippen molar-refractivity contribution in [1.29, 1.82) is 0 Å². The van der Waals surface area contributed by atoms with Crippen LogP contribution in [0, 0.1) is 6.92 Å². The van der Waals surface area contributed by atoms with E-state index in [0.717, 1.165) is 16.2 Å². The summed E-state index contributed by atoms with van der Waals surface area (Å²) in [5.41, 5.74) is 3.15. The Kier molecular flexibility index (Phi) is 8.38. The molecule has 0 saturated carbocycles. The van der Waals surface area contributed by atoms with Crippen LogP contribution in [0.2, 0.25) is 0 Å². The molecule has 0 unspecified atom stereocenters. The molecule has 200 valence electrons. The van der Waals surface area contributed by atoms with E-state index in [2.05, 4.69) is 39.8 Å². The topological polar surface area (TPSA) is 102 Å². The largest absolute Gasteiger partial charge is 0.484 e. The van der Waals surface area contributed by atoms with Gasteiger partial charge in [0.1, 0.15) is 5.75 Å². The van der Waals surface area contributed by atoms with Gasteiger partial charge in [-0.2, -0.15) is 5.10 Å². The van der Waals surface area contributed by atoms with Gasteiger partial charge >= 0.3 is 0 Å². The second-order valence-corrected chi connectivity index (χ2v) is 10.9. The van der Waals surface area contributed by atoms with Gasteiger partial charge in [0.2, 0.25) is 0 Å². The van der Waals surface area contributed by atoms with Crippen LogP contribution in [0.15, 0.2) is 82.4 Å². The number of aromatic nitrogens is 3. The van der Waals surface area contributed by atoms with E-state index in [4.69, 9.17) is 9.84 Å². The average molecular weight is 561 g/mol. The highest BCUT2D eigenvalue weighted by molar-refractivity contribution is 7.99. The van der Waals surface area contributed by atoms with Gasteiger partial charge in [-0.25, -0.2) is 5.01 Å². The standard InChI is InChI=1S/C28H28N6O3S2/c1-19-10-12-20(13-11-19)23-15-22(24-9-6-14-38-24)32-34(23)27(36)18-39-28-31-30-25(33(28)2)16-29-26(35)17-37-21-7-4-3-5-8-21/h3-14,23H,15-18H2,1-2H3,(H,29,35)/t23-/m1/s1. The van der Waals surface area contributed by atoms with Crippen LogP contribution in [0.5, 0.6) is 5.75 Å². The highest BCUT2D eigenvalue weighted by atomic mass is 32.2. The Bertz CT molecular complexity index is 1450. The molecule has 2 aromatic carbocycles. The van der Waals surface area contributed by atoms with Crippen LogP contribution in [-0.2, 0) is 23.2 Å². The fourth-order valence-corrected chi connectivity index (χ4v) is 5.59. The summed E-state index contributed by atoms with van der Waals surface area (Å²) in [6, 6.07) is 21.3. The van der Waals surface area contributed by atoms with E-state index in [9.17, 15) is 9.59 Å². The summed E-state index contributed by atoms with van der Waals surface area (Å²) in [5.74, 6) is 1.00. The van der Waals surface area contributed by atoms with Gasteiger partial charge in [0.05, 0.1) is 28.9 Å². The Morgan fingerprint density at radius 1 is 1.08 bits per heavy atom. The number of hydrogen-bond donors (Lipinski definition) is 1. The smallest absolute Gasteiger partial charge is 0.258 e. The summed E-state index contributed by atoms with van der Waals surface area (Å²) in [6.45, 7) is 2.15. The first-order valence-electron chi connectivity index (χ1n) is 12.4. The van der Waals surface area contributed by atoms with E-state index in [-0.39, 0.29) is 36.8 Å². The number of benzene rings is 2. The van der Waals surface area contributed by atoms with Gasteiger partial charge in [0.15, 0.2) is 17.6 Å². The lowest BCUT2D eigenvalue weighted by Crippen LogP contribution is -2.29. The van der Waals surface area contributed by atoms with Crippen LogP contribution >= 0.6 is 23.1 Å². The molecule has 2 aromatic heterocycles. The van der Waals surface area contributed by atoms with Gasteiger partial charge in [-0.3, -0.25) is 9.59 Å². The molecule has 0 fully saturated rings. The lowest BCUT2D eigenvalue weighted by molar-refractivity contribution is -0.130. The number of hydrogen-bond acceptors (Lipinski definition) is 8. The lowest BCUT2D eigenvalue weighted by Gasteiger charge is -2.22. The van der Waals surface area contributed by atoms with Gasteiger partial charge < -0.3 is 14.6 Å². The first kappa shape index (κ1) is 26.6. The number of nitrogens with one attached hydrogen (secondary N) is 1. The van der Waals surface area contributed by atoms with Crippen LogP contribution in [0.25, 0.3) is 0 Å². The number of carbonyl (C=O) groups excluding carboxylic acids is 2. The van der Waals surface area contributed by atoms with E-state index in [1.165, 1.54) is 17.3 Å². The number of carbonyl (C=O) groups is 2. The van der Waals surface area contributed by atoms with E-state index < -0.39 is 0 Å². The van der Waals surface area contributed by atoms with Crippen molar-refractivity contribution in [1.82, 2.24) is 25.1 Å². The molecule has 3 heterocycles. The summed E-state index contributed by atoms with van der Waals surface area (Å²) in [5, 5.41) is 20.1. The molecule has 39 heavy (non-hydrogen) atoms. The molecule has 0 aliphatic carbocycles. The SMILES string of the molecule is Cc1ccc([C@H]2CC(c3cccs3)=NN2C(=O)CSc2nnc(CNC(=O)COc3ccccc3)n2C)cc1. The first-order valence-corrected chi connectivity index (χ1v) is 14.3. The lowest BCUT2D eigenvalue weighted by atomic mass is 10.00. The third-order valence-electron chi connectivity index (χ3n) is 6.24. The average Bonchev–Trinajstić information content (AvgIpc) is 3.71. The molecule has 11 heteroatoms. The maximum atomic E-state index is 13.4. The number of nitrogens with zero attached hydrogens (tertiary/aromatic N) is 5. The minimum Gasteiger partial charge on any atom is -0.484 e. The third-order valence-corrected chi connectivity index (χ3v) is 8.16. The van der Waals surface area contributed by atoms with Crippen molar-refractivity contribution >= 4 is 40.6 Å². The highest BCUT2D eigenvalue weighted by Crippen LogP contribution is 2.34. The molecule has 0 saturated heterocycles. The van der Waals surface area contributed by atoms with Gasteiger partial charge in [-0.15, -0.1) is 21.5 Å². The molecule has 5 rings (SSSR count). The fraction of sp³-hybridized carbons (Fsp3) is 0.250. The van der Waals surface area contributed by atoms with E-state index >= 15 is 0 Å². The highest BCUT2D eigenvalue weighted by Gasteiger charge is 2.33. The monoisotopic (exact) mass is 560 g/mol. The number of rotatable bonds is 10. The van der Waals surface area contributed by atoms with Gasteiger partial charge in [0.25, 0.3) is 11.8 Å². The maximum absolute atomic E-state index is 13.4.